The number of anilines is 1. The van der Waals surface area contributed by atoms with Gasteiger partial charge in [-0.05, 0) is 42.0 Å². The van der Waals surface area contributed by atoms with Crippen molar-refractivity contribution in [2.45, 2.75) is 25.3 Å². The minimum atomic E-state index is -0.318. The van der Waals surface area contributed by atoms with E-state index in [0.29, 0.717) is 5.92 Å². The molecule has 0 amide bonds. The molecule has 0 unspecified atom stereocenters. The van der Waals surface area contributed by atoms with Gasteiger partial charge in [0.15, 0.2) is 0 Å². The van der Waals surface area contributed by atoms with Crippen molar-refractivity contribution in [1.29, 1.82) is 0 Å². The number of rotatable bonds is 2. The first-order valence-electron chi connectivity index (χ1n) is 8.03. The molecule has 24 heavy (non-hydrogen) atoms. The van der Waals surface area contributed by atoms with Crippen LogP contribution in [0.3, 0.4) is 0 Å². The van der Waals surface area contributed by atoms with E-state index in [9.17, 15) is 10.1 Å². The minimum absolute atomic E-state index is 0.103. The van der Waals surface area contributed by atoms with E-state index in [2.05, 4.69) is 23.5 Å². The maximum absolute atomic E-state index is 11.2. The second-order valence-electron chi connectivity index (χ2n) is 6.48. The molecule has 1 N–H and O–H groups in total. The van der Waals surface area contributed by atoms with Crippen LogP contribution < -0.4 is 5.32 Å². The Kier molecular flexibility index (Phi) is 3.57. The molecule has 1 aliphatic heterocycles. The molecule has 3 atom stereocenters. The second-order valence-corrected chi connectivity index (χ2v) is 6.89. The highest BCUT2D eigenvalue weighted by Crippen LogP contribution is 2.52. The van der Waals surface area contributed by atoms with E-state index < -0.39 is 0 Å². The summed E-state index contributed by atoms with van der Waals surface area (Å²) in [6.07, 6.45) is 5.29. The van der Waals surface area contributed by atoms with Gasteiger partial charge in [0.2, 0.25) is 0 Å². The summed E-state index contributed by atoms with van der Waals surface area (Å²) in [5.41, 5.74) is 4.15. The average molecular weight is 341 g/mol. The molecule has 2 aliphatic rings. The predicted molar refractivity (Wildman–Crippen MR) is 95.6 cm³/mol. The van der Waals surface area contributed by atoms with Crippen LogP contribution in [0.25, 0.3) is 0 Å². The van der Waals surface area contributed by atoms with Crippen LogP contribution >= 0.6 is 11.6 Å². The fourth-order valence-corrected chi connectivity index (χ4v) is 4.26. The van der Waals surface area contributed by atoms with Crippen LogP contribution in [0.2, 0.25) is 5.02 Å². The van der Waals surface area contributed by atoms with Gasteiger partial charge in [0.05, 0.1) is 11.0 Å². The zero-order chi connectivity index (χ0) is 16.8. The van der Waals surface area contributed by atoms with E-state index in [1.807, 2.05) is 25.1 Å². The molecule has 0 radical (unpaired) electrons. The molecule has 0 saturated carbocycles. The van der Waals surface area contributed by atoms with Crippen LogP contribution in [-0.2, 0) is 0 Å². The Bertz CT molecular complexity index is 862. The van der Waals surface area contributed by atoms with Crippen LogP contribution in [0.15, 0.2) is 48.6 Å². The maximum atomic E-state index is 11.2. The van der Waals surface area contributed by atoms with Gasteiger partial charge in [-0.1, -0.05) is 42.0 Å². The number of nitro benzene ring substituents is 1. The highest BCUT2D eigenvalue weighted by molar-refractivity contribution is 6.31. The van der Waals surface area contributed by atoms with Gasteiger partial charge >= 0.3 is 0 Å². The van der Waals surface area contributed by atoms with Crippen molar-refractivity contribution in [3.8, 4) is 0 Å². The Hall–Kier alpha value is -2.33. The predicted octanol–water partition coefficient (Wildman–Crippen LogP) is 5.38. The Balaban J connectivity index is 1.85. The molecule has 0 bridgehead atoms. The van der Waals surface area contributed by atoms with Crippen molar-refractivity contribution in [1.82, 2.24) is 0 Å². The van der Waals surface area contributed by atoms with Gasteiger partial charge in [-0.25, -0.2) is 0 Å². The van der Waals surface area contributed by atoms with Gasteiger partial charge in [0, 0.05) is 28.8 Å². The number of nitrogens with zero attached hydrogens (tertiary/aromatic N) is 1. The molecule has 2 aromatic carbocycles. The summed E-state index contributed by atoms with van der Waals surface area (Å²) in [5.74, 6) is 0.500. The minimum Gasteiger partial charge on any atom is -0.377 e. The third-order valence-electron chi connectivity index (χ3n) is 5.10. The van der Waals surface area contributed by atoms with Crippen molar-refractivity contribution in [3.63, 3.8) is 0 Å². The van der Waals surface area contributed by atoms with Crippen LogP contribution in [-0.4, -0.2) is 4.92 Å². The average Bonchev–Trinajstić information content (AvgIpc) is 3.05. The fraction of sp³-hybridized carbons (Fsp3) is 0.263. The summed E-state index contributed by atoms with van der Waals surface area (Å²) in [5, 5.41) is 15.6. The Morgan fingerprint density at radius 2 is 2.04 bits per heavy atom. The van der Waals surface area contributed by atoms with Crippen molar-refractivity contribution in [2.75, 3.05) is 5.32 Å². The van der Waals surface area contributed by atoms with Gasteiger partial charge in [0.1, 0.15) is 0 Å². The van der Waals surface area contributed by atoms with E-state index in [1.54, 1.807) is 12.1 Å². The molecule has 0 aromatic heterocycles. The number of hydrogen-bond acceptors (Lipinski definition) is 3. The highest BCUT2D eigenvalue weighted by atomic mass is 35.5. The first-order valence-corrected chi connectivity index (χ1v) is 8.40. The van der Waals surface area contributed by atoms with Crippen LogP contribution in [0, 0.1) is 23.0 Å². The Morgan fingerprint density at radius 3 is 2.79 bits per heavy atom. The number of fused-ring (bicyclic) bond motifs is 3. The first-order chi connectivity index (χ1) is 11.6. The van der Waals surface area contributed by atoms with Crippen LogP contribution in [0.5, 0.6) is 0 Å². The molecule has 1 heterocycles. The number of nitro groups is 1. The molecular weight excluding hydrogens is 324 g/mol. The van der Waals surface area contributed by atoms with E-state index in [0.717, 1.165) is 33.8 Å². The summed E-state index contributed by atoms with van der Waals surface area (Å²) in [7, 11) is 0. The highest BCUT2D eigenvalue weighted by Gasteiger charge is 2.39. The molecule has 0 spiro atoms. The Morgan fingerprint density at radius 1 is 1.25 bits per heavy atom. The van der Waals surface area contributed by atoms with E-state index >= 15 is 0 Å². The third-order valence-corrected chi connectivity index (χ3v) is 5.45. The number of hydrogen-bond donors (Lipinski definition) is 1. The molecular formula is C19H17ClN2O2. The number of benzene rings is 2. The number of nitrogens with one attached hydrogen (secondary N) is 1. The number of aryl methyl sites for hydroxylation is 1. The molecule has 0 fully saturated rings. The molecule has 4 rings (SSSR count). The lowest BCUT2D eigenvalue weighted by Crippen LogP contribution is -2.29. The van der Waals surface area contributed by atoms with Crippen molar-refractivity contribution >= 4 is 23.0 Å². The number of allylic oxidation sites excluding steroid dienone is 2. The zero-order valence-electron chi connectivity index (χ0n) is 13.2. The lowest BCUT2D eigenvalue weighted by molar-refractivity contribution is -0.385. The van der Waals surface area contributed by atoms with E-state index in [4.69, 9.17) is 11.6 Å². The summed E-state index contributed by atoms with van der Waals surface area (Å²) < 4.78 is 0. The summed E-state index contributed by atoms with van der Waals surface area (Å²) in [4.78, 5) is 10.9. The monoisotopic (exact) mass is 340 g/mol. The van der Waals surface area contributed by atoms with E-state index in [1.165, 1.54) is 0 Å². The van der Waals surface area contributed by atoms with Crippen molar-refractivity contribution in [2.24, 2.45) is 5.92 Å². The summed E-state index contributed by atoms with van der Waals surface area (Å²) >= 11 is 6.43. The van der Waals surface area contributed by atoms with Crippen molar-refractivity contribution in [3.05, 3.63) is 80.4 Å². The topological polar surface area (TPSA) is 55.2 Å². The maximum Gasteiger partial charge on any atom is 0.270 e. The smallest absolute Gasteiger partial charge is 0.270 e. The standard InChI is InChI=1S/C19H17ClN2O2/c1-11-9-12(22(23)24)10-16-13-6-4-7-14(13)19(21-18(11)16)15-5-2-3-8-17(15)20/h2-6,8-10,13-14,19,21H,7H2,1H3/t13-,14+,19-/m0/s1. The number of halogens is 1. The first kappa shape index (κ1) is 15.2. The van der Waals surface area contributed by atoms with Crippen LogP contribution in [0.4, 0.5) is 11.4 Å². The van der Waals surface area contributed by atoms with Gasteiger partial charge < -0.3 is 5.32 Å². The lowest BCUT2D eigenvalue weighted by Gasteiger charge is -2.38. The molecule has 122 valence electrons. The summed E-state index contributed by atoms with van der Waals surface area (Å²) in [6, 6.07) is 11.3. The van der Waals surface area contributed by atoms with E-state index in [-0.39, 0.29) is 22.6 Å². The second kappa shape index (κ2) is 5.64. The van der Waals surface area contributed by atoms with Crippen molar-refractivity contribution < 1.29 is 4.92 Å². The van der Waals surface area contributed by atoms with Gasteiger partial charge in [-0.3, -0.25) is 10.1 Å². The SMILES string of the molecule is Cc1cc([N+](=O)[O-])cc2c1N[C@H](c1ccccc1Cl)[C@@H]1CC=C[C@H]21. The zero-order valence-corrected chi connectivity index (χ0v) is 14.0. The quantitative estimate of drug-likeness (QED) is 0.453. The normalized spacial score (nSPS) is 24.2. The molecule has 4 nitrogen and oxygen atoms in total. The van der Waals surface area contributed by atoms with Gasteiger partial charge in [0.25, 0.3) is 5.69 Å². The Labute approximate surface area is 145 Å². The third kappa shape index (κ3) is 2.29. The molecule has 0 saturated heterocycles. The fourth-order valence-electron chi connectivity index (χ4n) is 4.01. The van der Waals surface area contributed by atoms with Gasteiger partial charge in [-0.15, -0.1) is 0 Å². The molecule has 5 heteroatoms. The molecule has 1 aliphatic carbocycles. The lowest BCUT2D eigenvalue weighted by atomic mass is 9.76. The van der Waals surface area contributed by atoms with Crippen LogP contribution in [0.1, 0.15) is 35.1 Å². The molecule has 2 aromatic rings. The number of non-ortho nitro benzene ring substituents is 1. The largest absolute Gasteiger partial charge is 0.377 e. The summed E-state index contributed by atoms with van der Waals surface area (Å²) in [6.45, 7) is 1.92. The van der Waals surface area contributed by atoms with Gasteiger partial charge in [-0.2, -0.15) is 0 Å².